The van der Waals surface area contributed by atoms with E-state index in [1.807, 2.05) is 42.0 Å². The van der Waals surface area contributed by atoms with Gasteiger partial charge in [-0.1, -0.05) is 41.9 Å². The summed E-state index contributed by atoms with van der Waals surface area (Å²) in [6, 6.07) is 9.22. The quantitative estimate of drug-likeness (QED) is 0.804. The summed E-state index contributed by atoms with van der Waals surface area (Å²) in [5.74, 6) is -1.70. The van der Waals surface area contributed by atoms with Gasteiger partial charge in [-0.05, 0) is 12.5 Å². The highest BCUT2D eigenvalue weighted by Gasteiger charge is 2.39. The van der Waals surface area contributed by atoms with Crippen molar-refractivity contribution in [3.63, 3.8) is 0 Å². The molecule has 1 aromatic carbocycles. The molecular formula is C17H19ClN4O4S. The van der Waals surface area contributed by atoms with Gasteiger partial charge in [0.05, 0.1) is 18.3 Å². The van der Waals surface area contributed by atoms with Crippen LogP contribution < -0.4 is 4.72 Å². The van der Waals surface area contributed by atoms with Gasteiger partial charge in [0, 0.05) is 20.0 Å². The zero-order valence-electron chi connectivity index (χ0n) is 14.8. The molecule has 27 heavy (non-hydrogen) atoms. The fourth-order valence-electron chi connectivity index (χ4n) is 3.03. The molecule has 0 bridgehead atoms. The molecule has 2 unspecified atom stereocenters. The molecule has 1 N–H and O–H groups in total. The summed E-state index contributed by atoms with van der Waals surface area (Å²) in [4.78, 5) is 30.1. The highest BCUT2D eigenvalue weighted by molar-refractivity contribution is 7.90. The van der Waals surface area contributed by atoms with E-state index in [0.717, 1.165) is 5.56 Å². The molecule has 0 saturated carbocycles. The summed E-state index contributed by atoms with van der Waals surface area (Å²) >= 11 is 5.90. The van der Waals surface area contributed by atoms with E-state index in [4.69, 9.17) is 11.6 Å². The van der Waals surface area contributed by atoms with E-state index < -0.39 is 26.9 Å². The van der Waals surface area contributed by atoms with Crippen molar-refractivity contribution in [3.05, 3.63) is 47.4 Å². The van der Waals surface area contributed by atoms with Crippen molar-refractivity contribution in [2.45, 2.75) is 24.4 Å². The lowest BCUT2D eigenvalue weighted by Gasteiger charge is -2.25. The van der Waals surface area contributed by atoms with Crippen LogP contribution >= 0.6 is 11.6 Å². The van der Waals surface area contributed by atoms with Crippen LogP contribution in [0.25, 0.3) is 0 Å². The van der Waals surface area contributed by atoms with Gasteiger partial charge in [0.1, 0.15) is 5.15 Å². The topological polar surface area (TPSA) is 101 Å². The number of imidazole rings is 1. The van der Waals surface area contributed by atoms with E-state index in [0.29, 0.717) is 0 Å². The van der Waals surface area contributed by atoms with Crippen molar-refractivity contribution in [3.8, 4) is 0 Å². The van der Waals surface area contributed by atoms with Crippen LogP contribution in [0.2, 0.25) is 5.15 Å². The fraction of sp³-hybridized carbons (Fsp3) is 0.353. The van der Waals surface area contributed by atoms with Gasteiger partial charge in [0.25, 0.3) is 10.0 Å². The summed E-state index contributed by atoms with van der Waals surface area (Å²) < 4.78 is 28.0. The van der Waals surface area contributed by atoms with Gasteiger partial charge < -0.3 is 9.47 Å². The van der Waals surface area contributed by atoms with Crippen LogP contribution in [-0.2, 0) is 26.7 Å². The standard InChI is InChI=1S/C17H19ClN4O4S/c1-11(12-6-4-3-5-7-12)22-9-13(8-14(22)23)16(24)20-27(25,26)17-15(18)21(2)10-19-17/h3-7,10-11,13H,8-9H2,1-2H3,(H,20,24). The Morgan fingerprint density at radius 1 is 1.33 bits per heavy atom. The number of nitrogens with one attached hydrogen (secondary N) is 1. The molecule has 3 rings (SSSR count). The molecule has 2 heterocycles. The van der Waals surface area contributed by atoms with E-state index in [-0.39, 0.29) is 30.1 Å². The first-order valence-electron chi connectivity index (χ1n) is 8.28. The van der Waals surface area contributed by atoms with Crippen LogP contribution in [0.4, 0.5) is 0 Å². The number of carbonyl (C=O) groups excluding carboxylic acids is 2. The normalized spacial score (nSPS) is 18.6. The monoisotopic (exact) mass is 410 g/mol. The molecule has 10 heteroatoms. The fourth-order valence-corrected chi connectivity index (χ4v) is 4.51. The van der Waals surface area contributed by atoms with Gasteiger partial charge in [-0.2, -0.15) is 8.42 Å². The molecule has 1 aliphatic heterocycles. The number of benzene rings is 1. The number of amides is 2. The number of hydrogen-bond acceptors (Lipinski definition) is 5. The first-order chi connectivity index (χ1) is 12.7. The third-order valence-electron chi connectivity index (χ3n) is 4.60. The van der Waals surface area contributed by atoms with Crippen LogP contribution in [0.3, 0.4) is 0 Å². The van der Waals surface area contributed by atoms with Gasteiger partial charge in [0.15, 0.2) is 0 Å². The summed E-state index contributed by atoms with van der Waals surface area (Å²) in [5, 5.41) is -0.518. The summed E-state index contributed by atoms with van der Waals surface area (Å²) in [6.45, 7) is 2.02. The second-order valence-electron chi connectivity index (χ2n) is 6.45. The van der Waals surface area contributed by atoms with E-state index in [1.54, 1.807) is 4.90 Å². The van der Waals surface area contributed by atoms with Crippen molar-refractivity contribution >= 4 is 33.4 Å². The molecule has 144 valence electrons. The molecule has 1 fully saturated rings. The lowest BCUT2D eigenvalue weighted by molar-refractivity contribution is -0.130. The van der Waals surface area contributed by atoms with Crippen molar-refractivity contribution in [2.75, 3.05) is 6.54 Å². The van der Waals surface area contributed by atoms with Gasteiger partial charge in [0.2, 0.25) is 16.8 Å². The Hall–Kier alpha value is -2.39. The molecule has 0 radical (unpaired) electrons. The predicted octanol–water partition coefficient (Wildman–Crippen LogP) is 1.49. The Balaban J connectivity index is 1.71. The van der Waals surface area contributed by atoms with Crippen LogP contribution in [0.5, 0.6) is 0 Å². The summed E-state index contributed by atoms with van der Waals surface area (Å²) in [6.07, 6.45) is 1.19. The van der Waals surface area contributed by atoms with Crippen LogP contribution in [-0.4, -0.2) is 41.2 Å². The number of hydrogen-bond donors (Lipinski definition) is 1. The number of rotatable bonds is 5. The molecule has 1 aromatic heterocycles. The number of carbonyl (C=O) groups is 2. The highest BCUT2D eigenvalue weighted by Crippen LogP contribution is 2.29. The summed E-state index contributed by atoms with van der Waals surface area (Å²) in [7, 11) is -2.67. The Morgan fingerprint density at radius 2 is 2.00 bits per heavy atom. The smallest absolute Gasteiger partial charge is 0.284 e. The van der Waals surface area contributed by atoms with Crippen molar-refractivity contribution in [1.82, 2.24) is 19.2 Å². The average molecular weight is 411 g/mol. The minimum atomic E-state index is -4.21. The van der Waals surface area contributed by atoms with Crippen LogP contribution in [0.1, 0.15) is 24.9 Å². The van der Waals surface area contributed by atoms with E-state index in [9.17, 15) is 18.0 Å². The maximum absolute atomic E-state index is 12.5. The van der Waals surface area contributed by atoms with Crippen LogP contribution in [0, 0.1) is 5.92 Å². The lowest BCUT2D eigenvalue weighted by atomic mass is 10.1. The van der Waals surface area contributed by atoms with Crippen molar-refractivity contribution in [2.24, 2.45) is 13.0 Å². The van der Waals surface area contributed by atoms with Crippen molar-refractivity contribution < 1.29 is 18.0 Å². The van der Waals surface area contributed by atoms with Crippen LogP contribution in [0.15, 0.2) is 41.7 Å². The second-order valence-corrected chi connectivity index (χ2v) is 8.41. The molecule has 0 spiro atoms. The highest BCUT2D eigenvalue weighted by atomic mass is 35.5. The average Bonchev–Trinajstić information content (AvgIpc) is 3.18. The predicted molar refractivity (Wildman–Crippen MR) is 98.2 cm³/mol. The molecule has 2 aromatic rings. The molecule has 1 saturated heterocycles. The molecular weight excluding hydrogens is 392 g/mol. The molecule has 2 amide bonds. The number of halogens is 1. The van der Waals surface area contributed by atoms with E-state index in [2.05, 4.69) is 4.98 Å². The maximum Gasteiger partial charge on any atom is 0.284 e. The van der Waals surface area contributed by atoms with Gasteiger partial charge >= 0.3 is 0 Å². The number of likely N-dealkylation sites (tertiary alicyclic amines) is 1. The van der Waals surface area contributed by atoms with E-state index in [1.165, 1.54) is 17.9 Å². The molecule has 1 aliphatic rings. The second kappa shape index (κ2) is 7.32. The third kappa shape index (κ3) is 3.84. The van der Waals surface area contributed by atoms with Gasteiger partial charge in [-0.3, -0.25) is 9.59 Å². The number of nitrogens with zero attached hydrogens (tertiary/aromatic N) is 3. The minimum absolute atomic E-state index is 0.0471. The number of sulfonamides is 1. The molecule has 0 aliphatic carbocycles. The largest absolute Gasteiger partial charge is 0.335 e. The Bertz CT molecular complexity index is 974. The number of aromatic nitrogens is 2. The first kappa shape index (κ1) is 19.4. The van der Waals surface area contributed by atoms with Crippen molar-refractivity contribution in [1.29, 1.82) is 0 Å². The Kier molecular flexibility index (Phi) is 5.25. The zero-order chi connectivity index (χ0) is 19.8. The number of aryl methyl sites for hydroxylation is 1. The molecule has 2 atom stereocenters. The summed E-state index contributed by atoms with van der Waals surface area (Å²) in [5.41, 5.74) is 0.944. The SMILES string of the molecule is CC(c1ccccc1)N1CC(C(=O)NS(=O)(=O)c2ncn(C)c2Cl)CC1=O. The first-order valence-corrected chi connectivity index (χ1v) is 10.1. The Labute approximate surface area is 162 Å². The van der Waals surface area contributed by atoms with Gasteiger partial charge in [-0.15, -0.1) is 0 Å². The molecule has 8 nitrogen and oxygen atoms in total. The lowest BCUT2D eigenvalue weighted by Crippen LogP contribution is -2.37. The maximum atomic E-state index is 12.5. The zero-order valence-corrected chi connectivity index (χ0v) is 16.4. The minimum Gasteiger partial charge on any atom is -0.335 e. The van der Waals surface area contributed by atoms with Gasteiger partial charge in [-0.25, -0.2) is 9.71 Å². The Morgan fingerprint density at radius 3 is 2.59 bits per heavy atom. The van der Waals surface area contributed by atoms with E-state index >= 15 is 0 Å². The third-order valence-corrected chi connectivity index (χ3v) is 6.44.